The zero-order valence-electron chi connectivity index (χ0n) is 11.9. The predicted molar refractivity (Wildman–Crippen MR) is 93.5 cm³/mol. The maximum absolute atomic E-state index is 5.96. The van der Waals surface area contributed by atoms with Crippen LogP contribution in [0, 0.1) is 0 Å². The predicted octanol–water partition coefficient (Wildman–Crippen LogP) is 4.52. The van der Waals surface area contributed by atoms with E-state index in [4.69, 9.17) is 13.3 Å². The molecule has 0 radical (unpaired) electrons. The average Bonchev–Trinajstić information content (AvgIpc) is 2.35. The van der Waals surface area contributed by atoms with Crippen LogP contribution >= 0.6 is 39.8 Å². The van der Waals surface area contributed by atoms with Crippen molar-refractivity contribution in [3.8, 4) is 0 Å². The molecule has 0 aromatic rings. The second-order valence-corrected chi connectivity index (χ2v) is 18.2. The second kappa shape index (κ2) is 12.3. The van der Waals surface area contributed by atoms with Crippen molar-refractivity contribution in [1.82, 2.24) is 0 Å². The Bertz CT molecular complexity index is 183. The molecule has 0 saturated carbocycles. The van der Waals surface area contributed by atoms with Crippen molar-refractivity contribution in [1.29, 1.82) is 0 Å². The lowest BCUT2D eigenvalue weighted by atomic mass is 10.6. The van der Waals surface area contributed by atoms with Crippen LogP contribution in [-0.4, -0.2) is 39.8 Å². The lowest BCUT2D eigenvalue weighted by Gasteiger charge is -2.35. The van der Waals surface area contributed by atoms with E-state index in [2.05, 4.69) is 13.2 Å². The molecule has 0 fully saturated rings. The van der Waals surface area contributed by atoms with Crippen LogP contribution in [0.5, 0.6) is 0 Å². The highest BCUT2D eigenvalue weighted by Gasteiger charge is 2.48. The zero-order chi connectivity index (χ0) is 13.9. The molecule has 0 aliphatic rings. The van der Waals surface area contributed by atoms with Crippen LogP contribution < -0.4 is 0 Å². The lowest BCUT2D eigenvalue weighted by molar-refractivity contribution is 0.0969. The van der Waals surface area contributed by atoms with Crippen molar-refractivity contribution < 1.29 is 13.3 Å². The normalized spacial score (nSPS) is 14.8. The molecular formula is C10H26O3S4Si. The van der Waals surface area contributed by atoms with E-state index in [9.17, 15) is 0 Å². The highest BCUT2D eigenvalue weighted by atomic mass is 33.8. The first-order chi connectivity index (χ1) is 8.70. The Morgan fingerprint density at radius 1 is 0.944 bits per heavy atom. The fourth-order valence-electron chi connectivity index (χ4n) is 1.19. The van der Waals surface area contributed by atoms with E-state index in [0.29, 0.717) is 19.8 Å². The molecule has 8 heteroatoms. The van der Waals surface area contributed by atoms with E-state index in [-0.39, 0.29) is 0 Å². The largest absolute Gasteiger partial charge is 0.573 e. The molecule has 1 unspecified atom stereocenters. The van der Waals surface area contributed by atoms with Gasteiger partial charge in [-0.15, -0.1) is 10.8 Å². The fourth-order valence-corrected chi connectivity index (χ4v) is 22.3. The summed E-state index contributed by atoms with van der Waals surface area (Å²) in [4.78, 5) is 0. The SMILES string of the molecule is CCCSS[SH](SC)[Si](OCC)(OCC)OCC. The smallest absolute Gasteiger partial charge is 0.366 e. The van der Waals surface area contributed by atoms with Crippen LogP contribution in [0.15, 0.2) is 0 Å². The monoisotopic (exact) mass is 350 g/mol. The number of rotatable bonds is 12. The van der Waals surface area contributed by atoms with E-state index in [1.54, 1.807) is 0 Å². The molecular weight excluding hydrogens is 324 g/mol. The van der Waals surface area contributed by atoms with Crippen LogP contribution in [0.4, 0.5) is 0 Å². The van der Waals surface area contributed by atoms with Gasteiger partial charge in [-0.1, -0.05) is 26.1 Å². The van der Waals surface area contributed by atoms with Gasteiger partial charge < -0.3 is 13.3 Å². The van der Waals surface area contributed by atoms with Gasteiger partial charge in [-0.05, 0) is 43.3 Å². The fraction of sp³-hybridized carbons (Fsp3) is 1.00. The Hall–Kier alpha value is 1.50. The van der Waals surface area contributed by atoms with Crippen LogP contribution in [0.3, 0.4) is 0 Å². The molecule has 0 saturated heterocycles. The Morgan fingerprint density at radius 3 is 1.78 bits per heavy atom. The van der Waals surface area contributed by atoms with E-state index < -0.39 is 16.4 Å². The van der Waals surface area contributed by atoms with Crippen molar-refractivity contribution in [3.63, 3.8) is 0 Å². The molecule has 112 valence electrons. The first kappa shape index (κ1) is 19.5. The minimum absolute atomic E-state index is 0.467. The number of hydrogen-bond acceptors (Lipinski definition) is 6. The third-order valence-corrected chi connectivity index (χ3v) is 22.9. The highest BCUT2D eigenvalue weighted by Crippen LogP contribution is 2.63. The van der Waals surface area contributed by atoms with Gasteiger partial charge in [-0.25, -0.2) is 0 Å². The van der Waals surface area contributed by atoms with Crippen LogP contribution in [0.1, 0.15) is 34.1 Å². The maximum Gasteiger partial charge on any atom is 0.573 e. The summed E-state index contributed by atoms with van der Waals surface area (Å²) in [6, 6.07) is 0. The molecule has 3 nitrogen and oxygen atoms in total. The lowest BCUT2D eigenvalue weighted by Crippen LogP contribution is -2.44. The second-order valence-electron chi connectivity index (χ2n) is 3.16. The van der Waals surface area contributed by atoms with Crippen LogP contribution in [0.25, 0.3) is 0 Å². The first-order valence-corrected chi connectivity index (χ1v) is 14.9. The highest BCUT2D eigenvalue weighted by molar-refractivity contribution is 9.37. The molecule has 1 atom stereocenters. The molecule has 0 aromatic carbocycles. The average molecular weight is 351 g/mol. The van der Waals surface area contributed by atoms with Crippen molar-refractivity contribution in [2.24, 2.45) is 0 Å². The minimum atomic E-state index is -2.51. The Kier molecular flexibility index (Phi) is 13.3. The Balaban J connectivity index is 4.71. The molecule has 0 aromatic heterocycles. The Morgan fingerprint density at radius 2 is 1.44 bits per heavy atom. The summed E-state index contributed by atoms with van der Waals surface area (Å²) in [5, 5.41) is 0. The molecule has 18 heavy (non-hydrogen) atoms. The van der Waals surface area contributed by atoms with Crippen molar-refractivity contribution >= 4 is 47.8 Å². The van der Waals surface area contributed by atoms with Gasteiger partial charge in [-0.3, -0.25) is 0 Å². The maximum atomic E-state index is 5.96. The van der Waals surface area contributed by atoms with Crippen molar-refractivity contribution in [3.05, 3.63) is 0 Å². The van der Waals surface area contributed by atoms with Gasteiger partial charge in [0, 0.05) is 25.6 Å². The van der Waals surface area contributed by atoms with Gasteiger partial charge >= 0.3 is 7.95 Å². The molecule has 0 amide bonds. The van der Waals surface area contributed by atoms with Gasteiger partial charge in [-0.2, -0.15) is 0 Å². The van der Waals surface area contributed by atoms with Gasteiger partial charge in [0.2, 0.25) is 0 Å². The quantitative estimate of drug-likeness (QED) is 0.241. The molecule has 0 rings (SSSR count). The molecule has 0 heterocycles. The van der Waals surface area contributed by atoms with Crippen LogP contribution in [0.2, 0.25) is 0 Å². The van der Waals surface area contributed by atoms with E-state index in [0.717, 1.165) is 0 Å². The van der Waals surface area contributed by atoms with Gasteiger partial charge in [0.15, 0.2) is 0 Å². The summed E-state index contributed by atoms with van der Waals surface area (Å²) in [6.45, 7) is 10.2. The molecule has 0 N–H and O–H groups in total. The Labute approximate surface area is 126 Å². The summed E-state index contributed by atoms with van der Waals surface area (Å²) >= 11 is 0. The molecule has 0 aliphatic carbocycles. The zero-order valence-corrected chi connectivity index (χ0v) is 16.3. The number of thiol groups is 1. The van der Waals surface area contributed by atoms with Crippen LogP contribution in [-0.2, 0) is 13.3 Å². The molecule has 0 bridgehead atoms. The number of hydrogen-bond donors (Lipinski definition) is 1. The van der Waals surface area contributed by atoms with Gasteiger partial charge in [0.05, 0.1) is 0 Å². The topological polar surface area (TPSA) is 27.7 Å². The summed E-state index contributed by atoms with van der Waals surface area (Å²) in [5.41, 5.74) is 0. The van der Waals surface area contributed by atoms with Gasteiger partial charge in [0.1, 0.15) is 0 Å². The van der Waals surface area contributed by atoms with E-state index >= 15 is 0 Å². The first-order valence-electron chi connectivity index (χ1n) is 6.26. The standard InChI is InChI=1S/C10H26O3S4Si/c1-6-10-15-16-17(14-5)18(11-7-2,12-8-3)13-9-4/h17H,6-10H2,1-5H3. The molecule has 0 spiro atoms. The summed E-state index contributed by atoms with van der Waals surface area (Å²) in [7, 11) is 2.68. The summed E-state index contributed by atoms with van der Waals surface area (Å²) in [6.07, 6.45) is 3.33. The van der Waals surface area contributed by atoms with Crippen molar-refractivity contribution in [2.75, 3.05) is 31.8 Å². The minimum Gasteiger partial charge on any atom is -0.366 e. The third kappa shape index (κ3) is 6.78. The van der Waals surface area contributed by atoms with Gasteiger partial charge in [0.25, 0.3) is 0 Å². The van der Waals surface area contributed by atoms with Crippen molar-refractivity contribution in [2.45, 2.75) is 34.1 Å². The third-order valence-electron chi connectivity index (χ3n) is 1.78. The summed E-state index contributed by atoms with van der Waals surface area (Å²) in [5.74, 6) is 1.17. The van der Waals surface area contributed by atoms with E-state index in [1.807, 2.05) is 52.2 Å². The summed E-state index contributed by atoms with van der Waals surface area (Å²) < 4.78 is 17.9. The molecule has 0 aliphatic heterocycles. The van der Waals surface area contributed by atoms with E-state index in [1.165, 1.54) is 12.2 Å².